The van der Waals surface area contributed by atoms with Gasteiger partial charge in [-0.3, -0.25) is 4.79 Å². The van der Waals surface area contributed by atoms with Crippen molar-refractivity contribution in [2.45, 2.75) is 44.0 Å². The molecule has 0 bridgehead atoms. The van der Waals surface area contributed by atoms with Gasteiger partial charge in [0.25, 0.3) is 0 Å². The molecule has 5 N–H and O–H groups in total. The van der Waals surface area contributed by atoms with E-state index in [0.29, 0.717) is 0 Å². The van der Waals surface area contributed by atoms with Crippen LogP contribution in [0.15, 0.2) is 0 Å². The van der Waals surface area contributed by atoms with Crippen LogP contribution in [-0.2, 0) is 14.3 Å². The van der Waals surface area contributed by atoms with E-state index < -0.39 is 37.3 Å². The van der Waals surface area contributed by atoms with Crippen molar-refractivity contribution in [1.29, 1.82) is 0 Å². The summed E-state index contributed by atoms with van der Waals surface area (Å²) in [6, 6.07) is -0.825. The molecule has 0 aromatic heterocycles. The Hall–Kier alpha value is 2.23. The number of aliphatic hydroxyl groups is 4. The van der Waals surface area contributed by atoms with E-state index in [0.717, 1.165) is 0 Å². The third-order valence-corrected chi connectivity index (χ3v) is 2.84. The van der Waals surface area contributed by atoms with E-state index in [1.807, 2.05) is 0 Å². The monoisotopic (exact) mass is 348 g/mol. The molecule has 5 atom stereocenters. The predicted octanol–water partition coefficient (Wildman–Crippen LogP) is -11.7. The van der Waals surface area contributed by atoms with Crippen molar-refractivity contribution in [3.05, 3.63) is 0 Å². The van der Waals surface area contributed by atoms with Crippen molar-refractivity contribution in [1.82, 2.24) is 5.32 Å². The SMILES string of the molecule is CC(=O)N[C@H]1[C@@H]([C@H](O)CO)OC(OCCO)C[C@@H]1O.[Na+].[Na+].[Na+]. The number of nitrogens with one attached hydrogen (secondary N) is 1. The summed E-state index contributed by atoms with van der Waals surface area (Å²) < 4.78 is 10.6. The Morgan fingerprint density at radius 3 is 2.41 bits per heavy atom. The zero-order valence-electron chi connectivity index (χ0n) is 13.7. The van der Waals surface area contributed by atoms with Gasteiger partial charge in [-0.2, -0.15) is 0 Å². The molecule has 0 radical (unpaired) electrons. The number of hydrogen-bond donors (Lipinski definition) is 5. The molecule has 1 aliphatic rings. The first kappa shape index (κ1) is 29.0. The number of aliphatic hydroxyl groups excluding tert-OH is 4. The first-order valence-electron chi connectivity index (χ1n) is 6.11. The van der Waals surface area contributed by atoms with Crippen molar-refractivity contribution in [2.24, 2.45) is 0 Å². The van der Waals surface area contributed by atoms with Gasteiger partial charge in [-0.25, -0.2) is 0 Å². The molecule has 11 heteroatoms. The van der Waals surface area contributed by atoms with Crippen LogP contribution in [0.2, 0.25) is 0 Å². The first-order chi connectivity index (χ1) is 8.99. The van der Waals surface area contributed by atoms with Crippen LogP contribution in [0.3, 0.4) is 0 Å². The van der Waals surface area contributed by atoms with E-state index in [1.165, 1.54) is 6.92 Å². The molecular weight excluding hydrogens is 327 g/mol. The average molecular weight is 348 g/mol. The average Bonchev–Trinajstić information content (AvgIpc) is 2.37. The number of hydrogen-bond acceptors (Lipinski definition) is 7. The van der Waals surface area contributed by atoms with Crippen LogP contribution in [0, 0.1) is 0 Å². The van der Waals surface area contributed by atoms with Gasteiger partial charge in [0.15, 0.2) is 6.29 Å². The smallest absolute Gasteiger partial charge is 0.394 e. The molecule has 0 saturated carbocycles. The Balaban J connectivity index is -0.00000120. The second kappa shape index (κ2) is 15.5. The second-order valence-electron chi connectivity index (χ2n) is 4.40. The Morgan fingerprint density at radius 2 is 1.95 bits per heavy atom. The summed E-state index contributed by atoms with van der Waals surface area (Å²) >= 11 is 0. The summed E-state index contributed by atoms with van der Waals surface area (Å²) in [7, 11) is 0. The Morgan fingerprint density at radius 1 is 1.36 bits per heavy atom. The minimum Gasteiger partial charge on any atom is -0.394 e. The summed E-state index contributed by atoms with van der Waals surface area (Å²) in [5.74, 6) is -0.377. The molecule has 1 aliphatic heterocycles. The summed E-state index contributed by atoms with van der Waals surface area (Å²) in [6.45, 7) is 0.548. The van der Waals surface area contributed by atoms with Gasteiger partial charge in [0.05, 0.1) is 32.0 Å². The fourth-order valence-corrected chi connectivity index (χ4v) is 2.02. The maximum absolute atomic E-state index is 11.1. The molecule has 8 nitrogen and oxygen atoms in total. The van der Waals surface area contributed by atoms with Gasteiger partial charge in [0.1, 0.15) is 12.2 Å². The van der Waals surface area contributed by atoms with Gasteiger partial charge in [0.2, 0.25) is 5.91 Å². The Kier molecular flexibility index (Phi) is 20.4. The number of amides is 1. The van der Waals surface area contributed by atoms with Crippen LogP contribution in [0.25, 0.3) is 0 Å². The summed E-state index contributed by atoms with van der Waals surface area (Å²) in [5, 5.41) is 39.8. The van der Waals surface area contributed by atoms with Gasteiger partial charge in [-0.05, 0) is 0 Å². The number of rotatable bonds is 6. The van der Waals surface area contributed by atoms with Gasteiger partial charge < -0.3 is 35.2 Å². The number of ether oxygens (including phenoxy) is 2. The number of carbonyl (C=O) groups excluding carboxylic acids is 1. The first-order valence-corrected chi connectivity index (χ1v) is 6.11. The molecule has 1 unspecified atom stereocenters. The molecule has 1 fully saturated rings. The van der Waals surface area contributed by atoms with Crippen LogP contribution in [-0.4, -0.2) is 76.8 Å². The quantitative estimate of drug-likeness (QED) is 0.302. The molecule has 0 aliphatic carbocycles. The fourth-order valence-electron chi connectivity index (χ4n) is 2.02. The fraction of sp³-hybridized carbons (Fsp3) is 0.909. The molecule has 0 aromatic carbocycles. The van der Waals surface area contributed by atoms with Crippen LogP contribution in [0.1, 0.15) is 13.3 Å². The molecule has 0 aromatic rings. The third kappa shape index (κ3) is 9.65. The summed E-state index contributed by atoms with van der Waals surface area (Å²) in [6.07, 6.45) is -3.93. The molecule has 1 saturated heterocycles. The summed E-state index contributed by atoms with van der Waals surface area (Å²) in [4.78, 5) is 11.1. The van der Waals surface area contributed by atoms with E-state index in [4.69, 9.17) is 19.7 Å². The van der Waals surface area contributed by atoms with Gasteiger partial charge >= 0.3 is 88.7 Å². The predicted molar refractivity (Wildman–Crippen MR) is 63.0 cm³/mol. The minimum absolute atomic E-state index is 0. The Bertz CT molecular complexity index is 301. The van der Waals surface area contributed by atoms with Gasteiger partial charge in [-0.1, -0.05) is 0 Å². The van der Waals surface area contributed by atoms with Crippen molar-refractivity contribution in [2.75, 3.05) is 19.8 Å². The topological polar surface area (TPSA) is 128 Å². The van der Waals surface area contributed by atoms with Crippen molar-refractivity contribution in [3.63, 3.8) is 0 Å². The molecule has 22 heavy (non-hydrogen) atoms. The van der Waals surface area contributed by atoms with Crippen LogP contribution >= 0.6 is 0 Å². The van der Waals surface area contributed by atoms with E-state index in [-0.39, 0.29) is 114 Å². The maximum Gasteiger partial charge on any atom is 1.00 e. The van der Waals surface area contributed by atoms with Gasteiger partial charge in [0, 0.05) is 13.3 Å². The molecule has 1 heterocycles. The second-order valence-corrected chi connectivity index (χ2v) is 4.40. The molecular formula is C11H21NNa3O7+3. The third-order valence-electron chi connectivity index (χ3n) is 2.84. The largest absolute Gasteiger partial charge is 1.00 e. The molecule has 0 spiro atoms. The zero-order chi connectivity index (χ0) is 14.4. The molecule has 1 rings (SSSR count). The van der Waals surface area contributed by atoms with Crippen LogP contribution in [0.4, 0.5) is 0 Å². The van der Waals surface area contributed by atoms with Crippen LogP contribution in [0.5, 0.6) is 0 Å². The normalized spacial score (nSPS) is 28.4. The van der Waals surface area contributed by atoms with Crippen LogP contribution < -0.4 is 94.0 Å². The Labute approximate surface area is 196 Å². The van der Waals surface area contributed by atoms with E-state index in [2.05, 4.69) is 5.32 Å². The zero-order valence-corrected chi connectivity index (χ0v) is 19.7. The maximum atomic E-state index is 11.1. The van der Waals surface area contributed by atoms with Crippen molar-refractivity contribution in [3.8, 4) is 0 Å². The van der Waals surface area contributed by atoms with E-state index in [1.54, 1.807) is 0 Å². The molecule has 112 valence electrons. The van der Waals surface area contributed by atoms with Crippen molar-refractivity contribution < 1.29 is 123 Å². The molecule has 1 amide bonds. The van der Waals surface area contributed by atoms with Crippen molar-refractivity contribution >= 4 is 5.91 Å². The number of carbonyl (C=O) groups is 1. The van der Waals surface area contributed by atoms with Gasteiger partial charge in [-0.15, -0.1) is 0 Å². The minimum atomic E-state index is -1.26. The van der Waals surface area contributed by atoms with E-state index >= 15 is 0 Å². The van der Waals surface area contributed by atoms with E-state index in [9.17, 15) is 15.0 Å². The standard InChI is InChI=1S/C11H21NO7.3Na/c1-6(15)12-10-7(16)4-9(18-3-2-13)19-11(10)8(17)5-14;;;/h7-11,13-14,16-17H,2-5H2,1H3,(H,12,15);;;/q;3*+1/t7-,8+,9?,10+,11+;;;/m0.../s1. The summed E-state index contributed by atoms with van der Waals surface area (Å²) in [5.41, 5.74) is 0.